The Morgan fingerprint density at radius 3 is 1.82 bits per heavy atom. The first-order valence-corrected chi connectivity index (χ1v) is 9.67. The van der Waals surface area contributed by atoms with Crippen molar-refractivity contribution in [1.29, 1.82) is 0 Å². The quantitative estimate of drug-likeness (QED) is 0.656. The molecule has 0 saturated heterocycles. The van der Waals surface area contributed by atoms with Gasteiger partial charge in [-0.1, -0.05) is 106 Å². The Morgan fingerprint density at radius 2 is 1.25 bits per heavy atom. The van der Waals surface area contributed by atoms with Gasteiger partial charge < -0.3 is 5.32 Å². The molecule has 140 valence electrons. The van der Waals surface area contributed by atoms with Crippen LogP contribution in [0.1, 0.15) is 43.0 Å². The van der Waals surface area contributed by atoms with E-state index in [1.807, 2.05) is 60.7 Å². The summed E-state index contributed by atoms with van der Waals surface area (Å²) in [5.74, 6) is -0.0129. The van der Waals surface area contributed by atoms with Crippen LogP contribution in [-0.4, -0.2) is 5.91 Å². The molecule has 4 rings (SSSR count). The molecule has 1 aliphatic heterocycles. The van der Waals surface area contributed by atoms with Crippen LogP contribution in [0.2, 0.25) is 0 Å². The monoisotopic (exact) mass is 367 g/mol. The molecule has 0 saturated carbocycles. The number of benzene rings is 3. The number of hydrogen-bond donors (Lipinski definition) is 1. The van der Waals surface area contributed by atoms with Crippen molar-refractivity contribution in [1.82, 2.24) is 5.32 Å². The summed E-state index contributed by atoms with van der Waals surface area (Å²) < 4.78 is 0. The third kappa shape index (κ3) is 3.05. The standard InChI is InChI=1S/C26H25NO/c1-25(2,3)20-14-16-22(17-15-20)26(21-12-8-5-9-13-21)18-23(27-24(26)28)19-10-6-4-7-11-19/h4-18H,1-3H3,(H,27,28). The zero-order chi connectivity index (χ0) is 19.8. The van der Waals surface area contributed by atoms with Crippen LogP contribution in [0.15, 0.2) is 91.0 Å². The molecule has 2 heteroatoms. The number of carbonyl (C=O) groups excluding carboxylic acids is 1. The molecular weight excluding hydrogens is 342 g/mol. The van der Waals surface area contributed by atoms with E-state index in [9.17, 15) is 4.79 Å². The zero-order valence-corrected chi connectivity index (χ0v) is 16.6. The van der Waals surface area contributed by atoms with Crippen molar-refractivity contribution < 1.29 is 4.79 Å². The van der Waals surface area contributed by atoms with Crippen LogP contribution in [0.25, 0.3) is 5.70 Å². The number of amides is 1. The summed E-state index contributed by atoms with van der Waals surface area (Å²) in [5, 5.41) is 3.13. The maximum Gasteiger partial charge on any atom is 0.243 e. The lowest BCUT2D eigenvalue weighted by Crippen LogP contribution is -2.37. The van der Waals surface area contributed by atoms with Crippen LogP contribution in [0.5, 0.6) is 0 Å². The molecule has 1 amide bonds. The average Bonchev–Trinajstić information content (AvgIpc) is 3.07. The van der Waals surface area contributed by atoms with Crippen LogP contribution < -0.4 is 5.32 Å². The first kappa shape index (κ1) is 18.2. The zero-order valence-electron chi connectivity index (χ0n) is 16.6. The minimum atomic E-state index is -0.831. The maximum absolute atomic E-state index is 13.4. The summed E-state index contributed by atoms with van der Waals surface area (Å²) in [5.41, 5.74) is 4.32. The molecule has 28 heavy (non-hydrogen) atoms. The van der Waals surface area contributed by atoms with Crippen molar-refractivity contribution in [2.45, 2.75) is 31.6 Å². The van der Waals surface area contributed by atoms with Gasteiger partial charge in [-0.05, 0) is 33.7 Å². The Balaban J connectivity index is 1.90. The minimum Gasteiger partial charge on any atom is -0.324 e. The topological polar surface area (TPSA) is 29.1 Å². The lowest BCUT2D eigenvalue weighted by Gasteiger charge is -2.27. The van der Waals surface area contributed by atoms with Gasteiger partial charge in [0, 0.05) is 5.70 Å². The molecule has 1 atom stereocenters. The fraction of sp³-hybridized carbons (Fsp3) is 0.192. The fourth-order valence-electron chi connectivity index (χ4n) is 3.84. The second kappa shape index (κ2) is 6.79. The minimum absolute atomic E-state index is 0.0129. The highest BCUT2D eigenvalue weighted by atomic mass is 16.2. The summed E-state index contributed by atoms with van der Waals surface area (Å²) in [4.78, 5) is 13.4. The Hall–Kier alpha value is -3.13. The van der Waals surface area contributed by atoms with Crippen LogP contribution in [0, 0.1) is 0 Å². The third-order valence-corrected chi connectivity index (χ3v) is 5.49. The molecule has 0 bridgehead atoms. The van der Waals surface area contributed by atoms with Crippen molar-refractivity contribution in [3.8, 4) is 0 Å². The SMILES string of the molecule is CC(C)(C)c1ccc(C2(c3ccccc3)C=C(c3ccccc3)NC2=O)cc1. The Morgan fingerprint density at radius 1 is 0.714 bits per heavy atom. The van der Waals surface area contributed by atoms with Crippen LogP contribution in [0.4, 0.5) is 0 Å². The van der Waals surface area contributed by atoms with E-state index < -0.39 is 5.41 Å². The van der Waals surface area contributed by atoms with E-state index in [1.165, 1.54) is 5.56 Å². The second-order valence-corrected chi connectivity index (χ2v) is 8.38. The van der Waals surface area contributed by atoms with Gasteiger partial charge in [-0.15, -0.1) is 0 Å². The predicted octanol–water partition coefficient (Wildman–Crippen LogP) is 5.44. The second-order valence-electron chi connectivity index (χ2n) is 8.38. The molecule has 3 aromatic rings. The largest absolute Gasteiger partial charge is 0.324 e. The molecular formula is C26H25NO. The lowest BCUT2D eigenvalue weighted by molar-refractivity contribution is -0.122. The van der Waals surface area contributed by atoms with E-state index in [1.54, 1.807) is 0 Å². The molecule has 0 aromatic heterocycles. The molecule has 1 heterocycles. The molecule has 3 aromatic carbocycles. The van der Waals surface area contributed by atoms with Crippen LogP contribution >= 0.6 is 0 Å². The molecule has 1 aliphatic rings. The van der Waals surface area contributed by atoms with Crippen molar-refractivity contribution in [2.75, 3.05) is 0 Å². The normalized spacial score (nSPS) is 19.2. The number of hydrogen-bond acceptors (Lipinski definition) is 1. The first-order valence-electron chi connectivity index (χ1n) is 9.67. The van der Waals surface area contributed by atoms with Gasteiger partial charge in [0.05, 0.1) is 0 Å². The summed E-state index contributed by atoms with van der Waals surface area (Å²) in [6.07, 6.45) is 2.08. The van der Waals surface area contributed by atoms with Gasteiger partial charge in [-0.3, -0.25) is 4.79 Å². The lowest BCUT2D eigenvalue weighted by atomic mass is 9.73. The fourth-order valence-corrected chi connectivity index (χ4v) is 3.84. The summed E-state index contributed by atoms with van der Waals surface area (Å²) in [7, 11) is 0. The van der Waals surface area contributed by atoms with Gasteiger partial charge in [0.2, 0.25) is 5.91 Å². The first-order chi connectivity index (χ1) is 13.4. The van der Waals surface area contributed by atoms with E-state index in [2.05, 4.69) is 56.4 Å². The summed E-state index contributed by atoms with van der Waals surface area (Å²) in [6, 6.07) is 28.5. The smallest absolute Gasteiger partial charge is 0.243 e. The molecule has 2 nitrogen and oxygen atoms in total. The summed E-state index contributed by atoms with van der Waals surface area (Å²) >= 11 is 0. The van der Waals surface area contributed by atoms with Crippen molar-refractivity contribution in [3.63, 3.8) is 0 Å². The van der Waals surface area contributed by atoms with E-state index in [0.29, 0.717) is 0 Å². The van der Waals surface area contributed by atoms with Crippen LogP contribution in [0.3, 0.4) is 0 Å². The molecule has 0 aliphatic carbocycles. The van der Waals surface area contributed by atoms with Gasteiger partial charge in [0.15, 0.2) is 0 Å². The molecule has 1 unspecified atom stereocenters. The van der Waals surface area contributed by atoms with Gasteiger partial charge in [0.1, 0.15) is 5.41 Å². The van der Waals surface area contributed by atoms with Gasteiger partial charge in [-0.25, -0.2) is 0 Å². The van der Waals surface area contributed by atoms with Crippen molar-refractivity contribution in [3.05, 3.63) is 113 Å². The highest BCUT2D eigenvalue weighted by molar-refractivity contribution is 6.05. The average molecular weight is 367 g/mol. The van der Waals surface area contributed by atoms with Gasteiger partial charge in [0.25, 0.3) is 0 Å². The number of rotatable bonds is 3. The van der Waals surface area contributed by atoms with Crippen LogP contribution in [-0.2, 0) is 15.6 Å². The van der Waals surface area contributed by atoms with Gasteiger partial charge >= 0.3 is 0 Å². The highest BCUT2D eigenvalue weighted by Crippen LogP contribution is 2.41. The Labute approximate surface area is 166 Å². The maximum atomic E-state index is 13.4. The van der Waals surface area contributed by atoms with E-state index in [-0.39, 0.29) is 11.3 Å². The molecule has 0 radical (unpaired) electrons. The molecule has 1 N–H and O–H groups in total. The molecule has 0 spiro atoms. The number of carbonyl (C=O) groups is 1. The van der Waals surface area contributed by atoms with Gasteiger partial charge in [-0.2, -0.15) is 0 Å². The van der Waals surface area contributed by atoms with E-state index in [4.69, 9.17) is 0 Å². The molecule has 0 fully saturated rings. The summed E-state index contributed by atoms with van der Waals surface area (Å²) in [6.45, 7) is 6.60. The highest BCUT2D eigenvalue weighted by Gasteiger charge is 2.45. The van der Waals surface area contributed by atoms with Crippen molar-refractivity contribution >= 4 is 11.6 Å². The van der Waals surface area contributed by atoms with E-state index in [0.717, 1.165) is 22.4 Å². The van der Waals surface area contributed by atoms with E-state index >= 15 is 0 Å². The Bertz CT molecular complexity index is 1010. The van der Waals surface area contributed by atoms with Crippen molar-refractivity contribution in [2.24, 2.45) is 0 Å². The predicted molar refractivity (Wildman–Crippen MR) is 115 cm³/mol. The third-order valence-electron chi connectivity index (χ3n) is 5.49. The number of nitrogens with one attached hydrogen (secondary N) is 1. The Kier molecular flexibility index (Phi) is 4.43.